The number of rotatable bonds is 7. The van der Waals surface area contributed by atoms with Gasteiger partial charge in [-0.2, -0.15) is 0 Å². The van der Waals surface area contributed by atoms with Gasteiger partial charge in [-0.05, 0) is 30.5 Å². The molecule has 8 heteroatoms. The summed E-state index contributed by atoms with van der Waals surface area (Å²) in [4.78, 5) is 34.8. The highest BCUT2D eigenvalue weighted by atomic mass is 16.6. The number of hydrogen-bond acceptors (Lipinski definition) is 5. The number of nitro benzene ring substituents is 1. The lowest BCUT2D eigenvalue weighted by Crippen LogP contribution is -2.45. The molecule has 1 aliphatic heterocycles. The van der Waals surface area contributed by atoms with Gasteiger partial charge in [0.05, 0.1) is 23.1 Å². The molecule has 0 aromatic heterocycles. The minimum absolute atomic E-state index is 0.0624. The van der Waals surface area contributed by atoms with Gasteiger partial charge in [0.15, 0.2) is 0 Å². The van der Waals surface area contributed by atoms with Crippen LogP contribution in [-0.4, -0.2) is 23.5 Å². The lowest BCUT2D eigenvalue weighted by Gasteiger charge is -2.28. The Labute approximate surface area is 151 Å². The monoisotopic (exact) mass is 361 g/mol. The summed E-state index contributed by atoms with van der Waals surface area (Å²) >= 11 is 0. The van der Waals surface area contributed by atoms with Gasteiger partial charge in [0.1, 0.15) is 0 Å². The van der Waals surface area contributed by atoms with Crippen LogP contribution in [0.25, 0.3) is 0 Å². The molecule has 0 spiro atoms. The van der Waals surface area contributed by atoms with E-state index < -0.39 is 23.0 Å². The third-order valence-corrected chi connectivity index (χ3v) is 4.53. The van der Waals surface area contributed by atoms with Gasteiger partial charge in [0, 0.05) is 17.8 Å². The Kier molecular flexibility index (Phi) is 6.32. The van der Waals surface area contributed by atoms with Gasteiger partial charge in [0.25, 0.3) is 5.69 Å². The SMILES string of the molecule is CCC(CC)COC(=O)C1=C(C)NC(=O)N[C@@H]1c1ccc([N+](=O)[O-])cc1. The fourth-order valence-electron chi connectivity index (χ4n) is 2.80. The smallest absolute Gasteiger partial charge is 0.338 e. The van der Waals surface area contributed by atoms with E-state index in [0.717, 1.165) is 12.8 Å². The molecule has 140 valence electrons. The maximum atomic E-state index is 12.6. The topological polar surface area (TPSA) is 111 Å². The van der Waals surface area contributed by atoms with Gasteiger partial charge in [-0.3, -0.25) is 10.1 Å². The lowest BCUT2D eigenvalue weighted by molar-refractivity contribution is -0.384. The number of hydrogen-bond donors (Lipinski definition) is 2. The first kappa shape index (κ1) is 19.4. The number of carbonyl (C=O) groups is 2. The fraction of sp³-hybridized carbons (Fsp3) is 0.444. The van der Waals surface area contributed by atoms with Crippen LogP contribution in [0.3, 0.4) is 0 Å². The molecule has 1 aromatic rings. The zero-order valence-corrected chi connectivity index (χ0v) is 15.1. The minimum Gasteiger partial charge on any atom is -0.462 e. The van der Waals surface area contributed by atoms with Crippen LogP contribution in [0.4, 0.5) is 10.5 Å². The normalized spacial score (nSPS) is 16.9. The zero-order chi connectivity index (χ0) is 19.3. The van der Waals surface area contributed by atoms with Crippen LogP contribution in [0.2, 0.25) is 0 Å². The van der Waals surface area contributed by atoms with Crippen molar-refractivity contribution in [3.05, 3.63) is 51.2 Å². The molecular formula is C18H23N3O5. The van der Waals surface area contributed by atoms with Gasteiger partial charge in [-0.25, -0.2) is 9.59 Å². The Morgan fingerprint density at radius 2 is 1.88 bits per heavy atom. The van der Waals surface area contributed by atoms with E-state index in [9.17, 15) is 19.7 Å². The van der Waals surface area contributed by atoms with Crippen LogP contribution < -0.4 is 10.6 Å². The molecule has 8 nitrogen and oxygen atoms in total. The van der Waals surface area contributed by atoms with Crippen molar-refractivity contribution < 1.29 is 19.2 Å². The number of esters is 1. The number of nitrogens with one attached hydrogen (secondary N) is 2. The molecule has 2 rings (SSSR count). The Bertz CT molecular complexity index is 723. The maximum absolute atomic E-state index is 12.6. The Balaban J connectivity index is 2.27. The summed E-state index contributed by atoms with van der Waals surface area (Å²) in [7, 11) is 0. The van der Waals surface area contributed by atoms with Crippen molar-refractivity contribution in [2.75, 3.05) is 6.61 Å². The van der Waals surface area contributed by atoms with E-state index in [0.29, 0.717) is 23.4 Å². The predicted octanol–water partition coefficient (Wildman–Crippen LogP) is 3.20. The number of non-ortho nitro benzene ring substituents is 1. The van der Waals surface area contributed by atoms with E-state index in [1.807, 2.05) is 13.8 Å². The van der Waals surface area contributed by atoms with Gasteiger partial charge < -0.3 is 15.4 Å². The molecule has 0 radical (unpaired) electrons. The van der Waals surface area contributed by atoms with E-state index in [2.05, 4.69) is 10.6 Å². The van der Waals surface area contributed by atoms with E-state index in [-0.39, 0.29) is 11.6 Å². The standard InChI is InChI=1S/C18H23N3O5/c1-4-12(5-2)10-26-17(22)15-11(3)19-18(23)20-16(15)13-6-8-14(9-7-13)21(24)25/h6-9,12,16H,4-5,10H2,1-3H3,(H2,19,20,23)/t16-/m1/s1. The van der Waals surface area contributed by atoms with Crippen molar-refractivity contribution >= 4 is 17.7 Å². The number of nitro groups is 1. The summed E-state index contributed by atoms with van der Waals surface area (Å²) in [6.45, 7) is 6.01. The molecule has 0 saturated heterocycles. The molecule has 1 aromatic carbocycles. The molecule has 0 fully saturated rings. The number of ether oxygens (including phenoxy) is 1. The van der Waals surface area contributed by atoms with Crippen LogP contribution in [0.5, 0.6) is 0 Å². The van der Waals surface area contributed by atoms with E-state index in [4.69, 9.17) is 4.74 Å². The van der Waals surface area contributed by atoms with Crippen LogP contribution >= 0.6 is 0 Å². The number of nitrogens with zero attached hydrogens (tertiary/aromatic N) is 1. The van der Waals surface area contributed by atoms with E-state index in [1.165, 1.54) is 24.3 Å². The van der Waals surface area contributed by atoms with Crippen molar-refractivity contribution in [3.8, 4) is 0 Å². The average Bonchev–Trinajstić information content (AvgIpc) is 2.61. The molecule has 26 heavy (non-hydrogen) atoms. The number of amides is 2. The quantitative estimate of drug-likeness (QED) is 0.440. The van der Waals surface area contributed by atoms with Crippen LogP contribution in [-0.2, 0) is 9.53 Å². The number of benzene rings is 1. The minimum atomic E-state index is -0.723. The molecule has 1 aliphatic rings. The molecule has 0 bridgehead atoms. The number of allylic oxidation sites excluding steroid dienone is 1. The lowest BCUT2D eigenvalue weighted by atomic mass is 9.95. The fourth-order valence-corrected chi connectivity index (χ4v) is 2.80. The van der Waals surface area contributed by atoms with Gasteiger partial charge in [-0.1, -0.05) is 26.7 Å². The highest BCUT2D eigenvalue weighted by Gasteiger charge is 2.32. The third kappa shape index (κ3) is 4.38. The molecule has 0 unspecified atom stereocenters. The first-order valence-corrected chi connectivity index (χ1v) is 8.57. The Morgan fingerprint density at radius 1 is 1.27 bits per heavy atom. The highest BCUT2D eigenvalue weighted by Crippen LogP contribution is 2.29. The first-order valence-electron chi connectivity index (χ1n) is 8.57. The first-order chi connectivity index (χ1) is 12.4. The van der Waals surface area contributed by atoms with Crippen molar-refractivity contribution in [2.24, 2.45) is 5.92 Å². The van der Waals surface area contributed by atoms with Crippen LogP contribution in [0.15, 0.2) is 35.5 Å². The molecule has 1 atom stereocenters. The molecule has 2 amide bonds. The predicted molar refractivity (Wildman–Crippen MR) is 95.2 cm³/mol. The second-order valence-electron chi connectivity index (χ2n) is 6.20. The number of carbonyl (C=O) groups excluding carboxylic acids is 2. The van der Waals surface area contributed by atoms with Crippen LogP contribution in [0, 0.1) is 16.0 Å². The van der Waals surface area contributed by atoms with Crippen LogP contribution in [0.1, 0.15) is 45.2 Å². The Morgan fingerprint density at radius 3 is 2.42 bits per heavy atom. The van der Waals surface area contributed by atoms with Gasteiger partial charge >= 0.3 is 12.0 Å². The summed E-state index contributed by atoms with van der Waals surface area (Å²) in [6, 6.07) is 4.56. The van der Waals surface area contributed by atoms with Gasteiger partial charge in [-0.15, -0.1) is 0 Å². The summed E-state index contributed by atoms with van der Waals surface area (Å²) in [5, 5.41) is 16.1. The van der Waals surface area contributed by atoms with Crippen molar-refractivity contribution in [1.29, 1.82) is 0 Å². The van der Waals surface area contributed by atoms with E-state index in [1.54, 1.807) is 6.92 Å². The molecule has 2 N–H and O–H groups in total. The maximum Gasteiger partial charge on any atom is 0.338 e. The van der Waals surface area contributed by atoms with E-state index >= 15 is 0 Å². The summed E-state index contributed by atoms with van der Waals surface area (Å²) in [5.74, 6) is -0.228. The summed E-state index contributed by atoms with van der Waals surface area (Å²) in [6.07, 6.45) is 1.81. The third-order valence-electron chi connectivity index (χ3n) is 4.53. The zero-order valence-electron chi connectivity index (χ0n) is 15.1. The van der Waals surface area contributed by atoms with Gasteiger partial charge in [0.2, 0.25) is 0 Å². The largest absolute Gasteiger partial charge is 0.462 e. The molecule has 1 heterocycles. The highest BCUT2D eigenvalue weighted by molar-refractivity contribution is 5.95. The molecule has 0 saturated carbocycles. The van der Waals surface area contributed by atoms with Crippen molar-refractivity contribution in [3.63, 3.8) is 0 Å². The second-order valence-corrected chi connectivity index (χ2v) is 6.20. The summed E-state index contributed by atoms with van der Waals surface area (Å²) < 4.78 is 5.45. The van der Waals surface area contributed by atoms with Crippen molar-refractivity contribution in [1.82, 2.24) is 10.6 Å². The molecule has 0 aliphatic carbocycles. The van der Waals surface area contributed by atoms with Crippen molar-refractivity contribution in [2.45, 2.75) is 39.7 Å². The average molecular weight is 361 g/mol. The Hall–Kier alpha value is -2.90. The summed E-state index contributed by atoms with van der Waals surface area (Å²) in [5.41, 5.74) is 1.21. The number of urea groups is 1. The second kappa shape index (κ2) is 8.46. The molecular weight excluding hydrogens is 338 g/mol.